The molecule has 1 unspecified atom stereocenters. The number of nitro benzene ring substituents is 1. The molecule has 0 fully saturated rings. The molecule has 1 atom stereocenters. The Hall–Kier alpha value is -1.27. The summed E-state index contributed by atoms with van der Waals surface area (Å²) in [5, 5.41) is 23.1. The molecule has 0 aliphatic heterocycles. The van der Waals surface area contributed by atoms with Crippen LogP contribution in [-0.2, 0) is 5.75 Å². The smallest absolute Gasteiger partial charge is 0.292 e. The third kappa shape index (κ3) is 5.38. The van der Waals surface area contributed by atoms with Gasteiger partial charge in [0.25, 0.3) is 5.69 Å². The summed E-state index contributed by atoms with van der Waals surface area (Å²) in [6.07, 6.45) is 0.924. The molecule has 2 N–H and O–H groups in total. The number of hydrogen-bond donors (Lipinski definition) is 2. The van der Waals surface area contributed by atoms with Crippen molar-refractivity contribution in [1.29, 1.82) is 0 Å². The van der Waals surface area contributed by atoms with E-state index in [-0.39, 0.29) is 23.1 Å². The average molecular weight is 298 g/mol. The van der Waals surface area contributed by atoms with E-state index in [1.54, 1.807) is 23.9 Å². The van der Waals surface area contributed by atoms with Crippen LogP contribution in [0.2, 0.25) is 0 Å². The van der Waals surface area contributed by atoms with Crippen molar-refractivity contribution in [3.63, 3.8) is 0 Å². The lowest BCUT2D eigenvalue weighted by Gasteiger charge is -2.09. The van der Waals surface area contributed by atoms with Gasteiger partial charge in [0.15, 0.2) is 0 Å². The fourth-order valence-electron chi connectivity index (χ4n) is 1.66. The van der Waals surface area contributed by atoms with Gasteiger partial charge in [-0.25, -0.2) is 0 Å². The number of hydrogen-bond acceptors (Lipinski definition) is 5. The third-order valence-corrected chi connectivity index (χ3v) is 4.15. The van der Waals surface area contributed by atoms with Gasteiger partial charge in [0.05, 0.1) is 4.92 Å². The van der Waals surface area contributed by atoms with Gasteiger partial charge >= 0.3 is 0 Å². The number of thioether (sulfide) groups is 1. The molecule has 1 aromatic rings. The molecule has 0 radical (unpaired) electrons. The van der Waals surface area contributed by atoms with Crippen LogP contribution in [0.1, 0.15) is 25.8 Å². The first-order valence-corrected chi connectivity index (χ1v) is 7.93. The fraction of sp³-hybridized carbons (Fsp3) is 0.571. The van der Waals surface area contributed by atoms with Gasteiger partial charge in [0.1, 0.15) is 5.69 Å². The molecule has 5 nitrogen and oxygen atoms in total. The Balaban J connectivity index is 2.69. The molecule has 112 valence electrons. The van der Waals surface area contributed by atoms with Crippen LogP contribution in [-0.4, -0.2) is 28.9 Å². The molecular weight excluding hydrogens is 276 g/mol. The van der Waals surface area contributed by atoms with Gasteiger partial charge in [-0.3, -0.25) is 10.1 Å². The standard InChI is InChI=1S/C14H22N2O3S/c1-3-6-15-13-5-4-12(7-14(13)16(18)19)10-20-9-11(2)8-17/h4-5,7,11,15,17H,3,6,8-10H2,1-2H3. The van der Waals surface area contributed by atoms with Gasteiger partial charge < -0.3 is 10.4 Å². The van der Waals surface area contributed by atoms with Crippen molar-refractivity contribution < 1.29 is 10.0 Å². The van der Waals surface area contributed by atoms with Crippen LogP contribution in [0.15, 0.2) is 18.2 Å². The molecule has 0 saturated heterocycles. The molecule has 1 aromatic carbocycles. The second-order valence-electron chi connectivity index (χ2n) is 4.84. The van der Waals surface area contributed by atoms with E-state index in [0.717, 1.165) is 30.0 Å². The summed E-state index contributed by atoms with van der Waals surface area (Å²) in [6, 6.07) is 5.33. The molecule has 0 amide bonds. The largest absolute Gasteiger partial charge is 0.396 e. The first kappa shape index (κ1) is 16.8. The summed E-state index contributed by atoms with van der Waals surface area (Å²) >= 11 is 1.68. The van der Waals surface area contributed by atoms with Crippen molar-refractivity contribution in [2.75, 3.05) is 24.2 Å². The quantitative estimate of drug-likeness (QED) is 0.540. The molecule has 0 bridgehead atoms. The second kappa shape index (κ2) is 8.81. The molecule has 0 aliphatic carbocycles. The van der Waals surface area contributed by atoms with E-state index in [9.17, 15) is 10.1 Å². The number of rotatable bonds is 9. The van der Waals surface area contributed by atoms with Crippen molar-refractivity contribution in [1.82, 2.24) is 0 Å². The van der Waals surface area contributed by atoms with Crippen LogP contribution in [0.25, 0.3) is 0 Å². The Kier molecular flexibility index (Phi) is 7.40. The zero-order valence-electron chi connectivity index (χ0n) is 12.0. The van der Waals surface area contributed by atoms with Gasteiger partial charge in [-0.05, 0) is 29.7 Å². The third-order valence-electron chi connectivity index (χ3n) is 2.81. The number of benzene rings is 1. The highest BCUT2D eigenvalue weighted by molar-refractivity contribution is 7.98. The highest BCUT2D eigenvalue weighted by atomic mass is 32.2. The van der Waals surface area contributed by atoms with Gasteiger partial charge in [0, 0.05) is 25.0 Å². The number of nitrogens with one attached hydrogen (secondary N) is 1. The monoisotopic (exact) mass is 298 g/mol. The molecule has 20 heavy (non-hydrogen) atoms. The number of nitro groups is 1. The summed E-state index contributed by atoms with van der Waals surface area (Å²) in [7, 11) is 0. The SMILES string of the molecule is CCCNc1ccc(CSCC(C)CO)cc1[N+](=O)[O-]. The van der Waals surface area contributed by atoms with Crippen LogP contribution in [0.5, 0.6) is 0 Å². The summed E-state index contributed by atoms with van der Waals surface area (Å²) in [5.41, 5.74) is 1.65. The Bertz CT molecular complexity index is 440. The molecule has 0 aliphatic rings. The van der Waals surface area contributed by atoms with E-state index < -0.39 is 0 Å². The van der Waals surface area contributed by atoms with Gasteiger partial charge in [-0.15, -0.1) is 0 Å². The van der Waals surface area contributed by atoms with Crippen molar-refractivity contribution in [3.05, 3.63) is 33.9 Å². The summed E-state index contributed by atoms with van der Waals surface area (Å²) in [4.78, 5) is 10.7. The van der Waals surface area contributed by atoms with E-state index in [1.807, 2.05) is 19.9 Å². The predicted octanol–water partition coefficient (Wildman–Crippen LogP) is 3.28. The maximum Gasteiger partial charge on any atom is 0.292 e. The highest BCUT2D eigenvalue weighted by Gasteiger charge is 2.14. The van der Waals surface area contributed by atoms with Gasteiger partial charge in [0.2, 0.25) is 0 Å². The molecule has 0 spiro atoms. The molecule has 1 rings (SSSR count). The Morgan fingerprint density at radius 1 is 1.50 bits per heavy atom. The van der Waals surface area contributed by atoms with Crippen molar-refractivity contribution in [3.8, 4) is 0 Å². The van der Waals surface area contributed by atoms with Crippen LogP contribution in [0, 0.1) is 16.0 Å². The topological polar surface area (TPSA) is 75.4 Å². The van der Waals surface area contributed by atoms with E-state index in [4.69, 9.17) is 5.11 Å². The molecular formula is C14H22N2O3S. The maximum atomic E-state index is 11.1. The summed E-state index contributed by atoms with van der Waals surface area (Å²) in [6.45, 7) is 4.90. The van der Waals surface area contributed by atoms with Crippen molar-refractivity contribution in [2.24, 2.45) is 5.92 Å². The first-order chi connectivity index (χ1) is 9.58. The first-order valence-electron chi connectivity index (χ1n) is 6.78. The van der Waals surface area contributed by atoms with Gasteiger partial charge in [-0.1, -0.05) is 19.9 Å². The predicted molar refractivity (Wildman–Crippen MR) is 84.3 cm³/mol. The Labute approximate surface area is 123 Å². The Morgan fingerprint density at radius 2 is 2.25 bits per heavy atom. The second-order valence-corrected chi connectivity index (χ2v) is 5.87. The van der Waals surface area contributed by atoms with Crippen LogP contribution in [0.3, 0.4) is 0 Å². The minimum Gasteiger partial charge on any atom is -0.396 e. The number of aliphatic hydroxyl groups is 1. The normalized spacial score (nSPS) is 12.2. The minimum atomic E-state index is -0.345. The number of anilines is 1. The lowest BCUT2D eigenvalue weighted by atomic mass is 10.2. The average Bonchev–Trinajstić information content (AvgIpc) is 2.45. The number of aliphatic hydroxyl groups excluding tert-OH is 1. The molecule has 6 heteroatoms. The lowest BCUT2D eigenvalue weighted by Crippen LogP contribution is -2.05. The van der Waals surface area contributed by atoms with E-state index >= 15 is 0 Å². The molecule has 0 saturated carbocycles. The molecule has 0 heterocycles. The van der Waals surface area contributed by atoms with Crippen molar-refractivity contribution >= 4 is 23.1 Å². The summed E-state index contributed by atoms with van der Waals surface area (Å²) in [5.74, 6) is 1.82. The van der Waals surface area contributed by atoms with Crippen LogP contribution >= 0.6 is 11.8 Å². The van der Waals surface area contributed by atoms with Crippen LogP contribution in [0.4, 0.5) is 11.4 Å². The van der Waals surface area contributed by atoms with E-state index in [2.05, 4.69) is 5.32 Å². The van der Waals surface area contributed by atoms with Crippen molar-refractivity contribution in [2.45, 2.75) is 26.0 Å². The molecule has 0 aromatic heterocycles. The number of nitrogens with zero attached hydrogens (tertiary/aromatic N) is 1. The summed E-state index contributed by atoms with van der Waals surface area (Å²) < 4.78 is 0. The Morgan fingerprint density at radius 3 is 2.85 bits per heavy atom. The van der Waals surface area contributed by atoms with E-state index in [0.29, 0.717) is 5.69 Å². The highest BCUT2D eigenvalue weighted by Crippen LogP contribution is 2.27. The van der Waals surface area contributed by atoms with Crippen LogP contribution < -0.4 is 5.32 Å². The zero-order chi connectivity index (χ0) is 15.0. The minimum absolute atomic E-state index is 0.131. The maximum absolute atomic E-state index is 11.1. The van der Waals surface area contributed by atoms with E-state index in [1.165, 1.54) is 0 Å². The van der Waals surface area contributed by atoms with Gasteiger partial charge in [-0.2, -0.15) is 11.8 Å². The zero-order valence-corrected chi connectivity index (χ0v) is 12.8. The lowest BCUT2D eigenvalue weighted by molar-refractivity contribution is -0.384. The fourth-order valence-corrected chi connectivity index (χ4v) is 2.70.